The zero-order valence-corrected chi connectivity index (χ0v) is 11.4. The Balaban J connectivity index is 2.22. The van der Waals surface area contributed by atoms with Crippen LogP contribution in [0.25, 0.3) is 11.4 Å². The van der Waals surface area contributed by atoms with E-state index in [1.165, 1.54) is 6.07 Å². The van der Waals surface area contributed by atoms with Crippen molar-refractivity contribution in [3.63, 3.8) is 0 Å². The summed E-state index contributed by atoms with van der Waals surface area (Å²) in [5.41, 5.74) is 7.26. The summed E-state index contributed by atoms with van der Waals surface area (Å²) in [5, 5.41) is 3.90. The average Bonchev–Trinajstić information content (AvgIpc) is 2.81. The van der Waals surface area contributed by atoms with Gasteiger partial charge in [-0.1, -0.05) is 19.0 Å². The highest BCUT2D eigenvalue weighted by atomic mass is 19.1. The van der Waals surface area contributed by atoms with Gasteiger partial charge in [-0.25, -0.2) is 4.39 Å². The summed E-state index contributed by atoms with van der Waals surface area (Å²) in [6.45, 7) is 5.87. The first-order valence-electron chi connectivity index (χ1n) is 6.33. The first-order valence-corrected chi connectivity index (χ1v) is 6.33. The lowest BCUT2D eigenvalue weighted by atomic mass is 10.0. The minimum atomic E-state index is -0.261. The molecule has 0 fully saturated rings. The third-order valence-corrected chi connectivity index (χ3v) is 2.90. The Labute approximate surface area is 111 Å². The van der Waals surface area contributed by atoms with Crippen molar-refractivity contribution in [1.29, 1.82) is 0 Å². The van der Waals surface area contributed by atoms with Crippen molar-refractivity contribution in [2.75, 3.05) is 0 Å². The van der Waals surface area contributed by atoms with Crippen molar-refractivity contribution in [2.24, 2.45) is 11.7 Å². The van der Waals surface area contributed by atoms with Crippen molar-refractivity contribution in [3.8, 4) is 11.4 Å². The van der Waals surface area contributed by atoms with Gasteiger partial charge in [0, 0.05) is 5.56 Å². The molecule has 0 aliphatic rings. The standard InChI is InChI=1S/C14H18FN3O/c1-8(2)6-12(16)14-17-13(18-19-14)10-4-5-11(15)9(3)7-10/h4-5,7-8,12H,6,16H2,1-3H3/t12-/m0/s1. The van der Waals surface area contributed by atoms with E-state index in [1.807, 2.05) is 0 Å². The number of benzene rings is 1. The van der Waals surface area contributed by atoms with Gasteiger partial charge in [0.25, 0.3) is 0 Å². The Bertz CT molecular complexity index is 566. The number of nitrogens with two attached hydrogens (primary N) is 1. The maximum Gasteiger partial charge on any atom is 0.243 e. The Morgan fingerprint density at radius 2 is 2.11 bits per heavy atom. The lowest BCUT2D eigenvalue weighted by molar-refractivity contribution is 0.335. The smallest absolute Gasteiger partial charge is 0.243 e. The van der Waals surface area contributed by atoms with Gasteiger partial charge in [0.05, 0.1) is 6.04 Å². The van der Waals surface area contributed by atoms with E-state index in [-0.39, 0.29) is 11.9 Å². The number of hydrogen-bond acceptors (Lipinski definition) is 4. The molecule has 0 saturated heterocycles. The third-order valence-electron chi connectivity index (χ3n) is 2.90. The molecule has 2 aromatic rings. The zero-order chi connectivity index (χ0) is 14.0. The molecule has 0 aliphatic carbocycles. The lowest BCUT2D eigenvalue weighted by Crippen LogP contribution is -2.13. The van der Waals surface area contributed by atoms with Gasteiger partial charge in [0.1, 0.15) is 5.82 Å². The second-order valence-corrected chi connectivity index (χ2v) is 5.16. The molecule has 0 unspecified atom stereocenters. The van der Waals surface area contributed by atoms with Crippen LogP contribution in [0.15, 0.2) is 22.7 Å². The first kappa shape index (κ1) is 13.7. The Kier molecular flexibility index (Phi) is 3.95. The van der Waals surface area contributed by atoms with E-state index in [0.29, 0.717) is 23.2 Å². The Morgan fingerprint density at radius 3 is 2.74 bits per heavy atom. The number of nitrogens with zero attached hydrogens (tertiary/aromatic N) is 2. The van der Waals surface area contributed by atoms with Crippen molar-refractivity contribution >= 4 is 0 Å². The van der Waals surface area contributed by atoms with E-state index in [2.05, 4.69) is 24.0 Å². The molecule has 2 rings (SSSR count). The molecule has 5 heteroatoms. The van der Waals surface area contributed by atoms with Gasteiger partial charge in [0.15, 0.2) is 0 Å². The van der Waals surface area contributed by atoms with Gasteiger partial charge >= 0.3 is 0 Å². The topological polar surface area (TPSA) is 64.9 Å². The summed E-state index contributed by atoms with van der Waals surface area (Å²) in [6, 6.07) is 4.46. The molecule has 1 aromatic heterocycles. The minimum Gasteiger partial charge on any atom is -0.337 e. The summed E-state index contributed by atoms with van der Waals surface area (Å²) >= 11 is 0. The predicted molar refractivity (Wildman–Crippen MR) is 70.8 cm³/mol. The van der Waals surface area contributed by atoms with Gasteiger partial charge in [-0.15, -0.1) is 0 Å². The quantitative estimate of drug-likeness (QED) is 0.919. The molecule has 102 valence electrons. The first-order chi connectivity index (χ1) is 8.97. The number of aromatic nitrogens is 2. The second-order valence-electron chi connectivity index (χ2n) is 5.16. The lowest BCUT2D eigenvalue weighted by Gasteiger charge is -2.08. The highest BCUT2D eigenvalue weighted by Crippen LogP contribution is 2.22. The van der Waals surface area contributed by atoms with E-state index >= 15 is 0 Å². The van der Waals surface area contributed by atoms with Crippen LogP contribution in [-0.2, 0) is 0 Å². The van der Waals surface area contributed by atoms with Gasteiger partial charge < -0.3 is 10.3 Å². The molecular weight excluding hydrogens is 245 g/mol. The molecule has 2 N–H and O–H groups in total. The molecule has 1 heterocycles. The molecule has 0 aliphatic heterocycles. The summed E-state index contributed by atoms with van der Waals surface area (Å²) < 4.78 is 18.4. The fourth-order valence-electron chi connectivity index (χ4n) is 1.90. The van der Waals surface area contributed by atoms with Crippen LogP contribution in [0.5, 0.6) is 0 Å². The third kappa shape index (κ3) is 3.17. The number of rotatable bonds is 4. The molecule has 1 atom stereocenters. The van der Waals surface area contributed by atoms with Crippen LogP contribution in [-0.4, -0.2) is 10.1 Å². The monoisotopic (exact) mass is 263 g/mol. The molecule has 1 aromatic carbocycles. The number of halogens is 1. The maximum atomic E-state index is 13.2. The molecule has 0 radical (unpaired) electrons. The van der Waals surface area contributed by atoms with Crippen LogP contribution in [0.3, 0.4) is 0 Å². The molecule has 0 spiro atoms. The fraction of sp³-hybridized carbons (Fsp3) is 0.429. The molecule has 0 bridgehead atoms. The van der Waals surface area contributed by atoms with Gasteiger partial charge in [-0.2, -0.15) is 4.98 Å². The van der Waals surface area contributed by atoms with Crippen molar-refractivity contribution in [3.05, 3.63) is 35.5 Å². The van der Waals surface area contributed by atoms with E-state index in [9.17, 15) is 4.39 Å². The van der Waals surface area contributed by atoms with Gasteiger partial charge in [-0.05, 0) is 43.0 Å². The Hall–Kier alpha value is -1.75. The van der Waals surface area contributed by atoms with Crippen LogP contribution in [0.2, 0.25) is 0 Å². The van der Waals surface area contributed by atoms with Gasteiger partial charge in [0.2, 0.25) is 11.7 Å². The molecule has 0 amide bonds. The molecule has 0 saturated carbocycles. The van der Waals surface area contributed by atoms with Crippen molar-refractivity contribution < 1.29 is 8.91 Å². The van der Waals surface area contributed by atoms with Crippen LogP contribution >= 0.6 is 0 Å². The van der Waals surface area contributed by atoms with E-state index < -0.39 is 0 Å². The maximum absolute atomic E-state index is 13.2. The molecule has 4 nitrogen and oxygen atoms in total. The fourth-order valence-corrected chi connectivity index (χ4v) is 1.90. The van der Waals surface area contributed by atoms with E-state index in [4.69, 9.17) is 10.3 Å². The number of aryl methyl sites for hydroxylation is 1. The zero-order valence-electron chi connectivity index (χ0n) is 11.4. The van der Waals surface area contributed by atoms with Crippen LogP contribution in [0, 0.1) is 18.7 Å². The number of hydrogen-bond donors (Lipinski definition) is 1. The highest BCUT2D eigenvalue weighted by Gasteiger charge is 2.17. The van der Waals surface area contributed by atoms with Crippen molar-refractivity contribution in [2.45, 2.75) is 33.2 Å². The summed E-state index contributed by atoms with van der Waals surface area (Å²) in [6.07, 6.45) is 0.782. The van der Waals surface area contributed by atoms with Crippen molar-refractivity contribution in [1.82, 2.24) is 10.1 Å². The van der Waals surface area contributed by atoms with Gasteiger partial charge in [-0.3, -0.25) is 0 Å². The summed E-state index contributed by atoms with van der Waals surface area (Å²) in [5.74, 6) is 1.07. The Morgan fingerprint density at radius 1 is 1.37 bits per heavy atom. The van der Waals surface area contributed by atoms with Crippen LogP contribution in [0.4, 0.5) is 4.39 Å². The summed E-state index contributed by atoms with van der Waals surface area (Å²) in [7, 11) is 0. The largest absolute Gasteiger partial charge is 0.337 e. The molecular formula is C14H18FN3O. The normalized spacial score (nSPS) is 12.9. The minimum absolute atomic E-state index is 0.246. The van der Waals surface area contributed by atoms with Crippen LogP contribution in [0.1, 0.15) is 37.8 Å². The second kappa shape index (κ2) is 5.48. The van der Waals surface area contributed by atoms with E-state index in [0.717, 1.165) is 12.0 Å². The summed E-state index contributed by atoms with van der Waals surface area (Å²) in [4.78, 5) is 4.28. The molecule has 19 heavy (non-hydrogen) atoms. The SMILES string of the molecule is Cc1cc(-c2noc([C@@H](N)CC(C)C)n2)ccc1F. The highest BCUT2D eigenvalue weighted by molar-refractivity contribution is 5.55. The van der Waals surface area contributed by atoms with E-state index in [1.54, 1.807) is 19.1 Å². The van der Waals surface area contributed by atoms with Crippen LogP contribution < -0.4 is 5.73 Å². The predicted octanol–water partition coefficient (Wildman–Crippen LogP) is 3.23. The average molecular weight is 263 g/mol.